The van der Waals surface area contributed by atoms with Gasteiger partial charge < -0.3 is 10.6 Å². The molecule has 0 radical (unpaired) electrons. The third-order valence-electron chi connectivity index (χ3n) is 2.27. The van der Waals surface area contributed by atoms with Crippen LogP contribution in [0.2, 0.25) is 0 Å². The number of benzene rings is 1. The smallest absolute Gasteiger partial charge is 0.0364 e. The molecule has 2 heteroatoms. The third-order valence-corrected chi connectivity index (χ3v) is 2.27. The Labute approximate surface area is 80.4 Å². The Hall–Kier alpha value is -1.02. The lowest BCUT2D eigenvalue weighted by molar-refractivity contribution is 0.809. The monoisotopic (exact) mass is 178 g/mol. The second-order valence-electron chi connectivity index (χ2n) is 3.72. The number of nitrogens with two attached hydrogens (primary N) is 1. The third kappa shape index (κ3) is 2.22. The molecule has 13 heavy (non-hydrogen) atoms. The number of nitrogens with zero attached hydrogens (tertiary/aromatic N) is 1. The molecule has 2 nitrogen and oxygen atoms in total. The van der Waals surface area contributed by atoms with Crippen LogP contribution in [0.15, 0.2) is 18.2 Å². The van der Waals surface area contributed by atoms with Gasteiger partial charge in [0.25, 0.3) is 0 Å². The van der Waals surface area contributed by atoms with Gasteiger partial charge in [0.1, 0.15) is 0 Å². The van der Waals surface area contributed by atoms with Crippen molar-refractivity contribution in [3.05, 3.63) is 29.3 Å². The van der Waals surface area contributed by atoms with E-state index in [1.54, 1.807) is 0 Å². The van der Waals surface area contributed by atoms with Crippen LogP contribution in [0.1, 0.15) is 24.1 Å². The van der Waals surface area contributed by atoms with Crippen LogP contribution >= 0.6 is 0 Å². The summed E-state index contributed by atoms with van der Waals surface area (Å²) >= 11 is 0. The van der Waals surface area contributed by atoms with Gasteiger partial charge in [-0.2, -0.15) is 0 Å². The summed E-state index contributed by atoms with van der Waals surface area (Å²) in [7, 11) is 4.07. The van der Waals surface area contributed by atoms with Gasteiger partial charge in [-0.3, -0.25) is 0 Å². The molecule has 1 rings (SSSR count). The number of hydrogen-bond donors (Lipinski definition) is 1. The van der Waals surface area contributed by atoms with Crippen LogP contribution in [0.4, 0.5) is 5.69 Å². The van der Waals surface area contributed by atoms with Gasteiger partial charge in [0.15, 0.2) is 0 Å². The highest BCUT2D eigenvalue weighted by Gasteiger charge is 2.05. The van der Waals surface area contributed by atoms with Crippen molar-refractivity contribution in [2.75, 3.05) is 19.0 Å². The van der Waals surface area contributed by atoms with E-state index < -0.39 is 0 Å². The fourth-order valence-corrected chi connectivity index (χ4v) is 1.40. The number of rotatable bonds is 2. The standard InChI is InChI=1S/C11H18N2/c1-8-5-6-10(13(3)4)7-11(8)9(2)12/h5-7,9H,12H2,1-4H3. The van der Waals surface area contributed by atoms with Crippen molar-refractivity contribution >= 4 is 5.69 Å². The first-order valence-electron chi connectivity index (χ1n) is 4.56. The van der Waals surface area contributed by atoms with Crippen LogP contribution in [-0.2, 0) is 0 Å². The molecule has 0 saturated heterocycles. The van der Waals surface area contributed by atoms with E-state index in [-0.39, 0.29) is 6.04 Å². The SMILES string of the molecule is Cc1ccc(N(C)C)cc1C(C)N. The summed E-state index contributed by atoms with van der Waals surface area (Å²) in [6, 6.07) is 6.50. The van der Waals surface area contributed by atoms with Crippen LogP contribution < -0.4 is 10.6 Å². The Balaban J connectivity index is 3.11. The van der Waals surface area contributed by atoms with Gasteiger partial charge in [0.05, 0.1) is 0 Å². The molecule has 0 aliphatic carbocycles. The maximum atomic E-state index is 5.87. The van der Waals surface area contributed by atoms with Gasteiger partial charge >= 0.3 is 0 Å². The van der Waals surface area contributed by atoms with E-state index in [1.807, 2.05) is 21.0 Å². The largest absolute Gasteiger partial charge is 0.378 e. The Morgan fingerprint density at radius 1 is 1.31 bits per heavy atom. The van der Waals surface area contributed by atoms with Crippen molar-refractivity contribution < 1.29 is 0 Å². The normalized spacial score (nSPS) is 12.7. The first-order valence-corrected chi connectivity index (χ1v) is 4.56. The molecule has 72 valence electrons. The second kappa shape index (κ2) is 3.79. The maximum absolute atomic E-state index is 5.87. The number of hydrogen-bond acceptors (Lipinski definition) is 2. The number of aryl methyl sites for hydroxylation is 1. The van der Waals surface area contributed by atoms with E-state index in [0.29, 0.717) is 0 Å². The van der Waals surface area contributed by atoms with Crippen LogP contribution in [0, 0.1) is 6.92 Å². The molecule has 2 N–H and O–H groups in total. The Morgan fingerprint density at radius 3 is 2.38 bits per heavy atom. The van der Waals surface area contributed by atoms with Crippen LogP contribution in [0.3, 0.4) is 0 Å². The second-order valence-corrected chi connectivity index (χ2v) is 3.72. The van der Waals surface area contributed by atoms with E-state index in [2.05, 4.69) is 30.0 Å². The zero-order valence-corrected chi connectivity index (χ0v) is 8.83. The molecule has 1 unspecified atom stereocenters. The fourth-order valence-electron chi connectivity index (χ4n) is 1.40. The average Bonchev–Trinajstić information content (AvgIpc) is 2.04. The molecule has 0 saturated carbocycles. The maximum Gasteiger partial charge on any atom is 0.0364 e. The molecular formula is C11H18N2. The molecule has 1 atom stereocenters. The predicted molar refractivity (Wildman–Crippen MR) is 58.1 cm³/mol. The minimum Gasteiger partial charge on any atom is -0.378 e. The van der Waals surface area contributed by atoms with Crippen molar-refractivity contribution in [2.24, 2.45) is 5.73 Å². The lowest BCUT2D eigenvalue weighted by Crippen LogP contribution is -2.12. The lowest BCUT2D eigenvalue weighted by atomic mass is 10.0. The molecule has 0 aliphatic rings. The van der Waals surface area contributed by atoms with E-state index in [9.17, 15) is 0 Å². The average molecular weight is 178 g/mol. The van der Waals surface area contributed by atoms with Gasteiger partial charge in [-0.15, -0.1) is 0 Å². The summed E-state index contributed by atoms with van der Waals surface area (Å²) in [6.07, 6.45) is 0. The molecule has 0 aromatic heterocycles. The van der Waals surface area contributed by atoms with Crippen molar-refractivity contribution in [1.82, 2.24) is 0 Å². The molecule has 0 aliphatic heterocycles. The van der Waals surface area contributed by atoms with Crippen molar-refractivity contribution in [3.63, 3.8) is 0 Å². The fraction of sp³-hybridized carbons (Fsp3) is 0.455. The molecular weight excluding hydrogens is 160 g/mol. The van der Waals surface area contributed by atoms with Gasteiger partial charge in [-0.05, 0) is 37.1 Å². The molecule has 0 fully saturated rings. The van der Waals surface area contributed by atoms with Gasteiger partial charge in [-0.1, -0.05) is 6.07 Å². The summed E-state index contributed by atoms with van der Waals surface area (Å²) in [4.78, 5) is 2.09. The Bertz CT molecular complexity index is 290. The Morgan fingerprint density at radius 2 is 1.92 bits per heavy atom. The van der Waals surface area contributed by atoms with E-state index in [0.717, 1.165) is 0 Å². The number of anilines is 1. The Kier molecular flexibility index (Phi) is 2.94. The highest BCUT2D eigenvalue weighted by Crippen LogP contribution is 2.21. The van der Waals surface area contributed by atoms with Gasteiger partial charge in [0, 0.05) is 25.8 Å². The lowest BCUT2D eigenvalue weighted by Gasteiger charge is -2.17. The van der Waals surface area contributed by atoms with E-state index >= 15 is 0 Å². The quantitative estimate of drug-likeness (QED) is 0.751. The van der Waals surface area contributed by atoms with Crippen molar-refractivity contribution in [2.45, 2.75) is 19.9 Å². The highest BCUT2D eigenvalue weighted by molar-refractivity contribution is 5.50. The van der Waals surface area contributed by atoms with Crippen molar-refractivity contribution in [1.29, 1.82) is 0 Å². The zero-order valence-electron chi connectivity index (χ0n) is 8.83. The molecule has 0 heterocycles. The van der Waals surface area contributed by atoms with E-state index in [1.165, 1.54) is 16.8 Å². The topological polar surface area (TPSA) is 29.3 Å². The first-order chi connectivity index (χ1) is 6.02. The van der Waals surface area contributed by atoms with E-state index in [4.69, 9.17) is 5.73 Å². The molecule has 0 bridgehead atoms. The minimum absolute atomic E-state index is 0.111. The minimum atomic E-state index is 0.111. The van der Waals surface area contributed by atoms with Crippen molar-refractivity contribution in [3.8, 4) is 0 Å². The molecule has 1 aromatic rings. The van der Waals surface area contributed by atoms with Gasteiger partial charge in [-0.25, -0.2) is 0 Å². The summed E-state index contributed by atoms with van der Waals surface area (Å²) in [5.41, 5.74) is 9.56. The summed E-state index contributed by atoms with van der Waals surface area (Å²) < 4.78 is 0. The van der Waals surface area contributed by atoms with Crippen LogP contribution in [0.25, 0.3) is 0 Å². The predicted octanol–water partition coefficient (Wildman–Crippen LogP) is 2.08. The molecule has 0 amide bonds. The van der Waals surface area contributed by atoms with Gasteiger partial charge in [0.2, 0.25) is 0 Å². The zero-order chi connectivity index (χ0) is 10.0. The summed E-state index contributed by atoms with van der Waals surface area (Å²) in [5, 5.41) is 0. The highest BCUT2D eigenvalue weighted by atomic mass is 15.1. The molecule has 0 spiro atoms. The summed E-state index contributed by atoms with van der Waals surface area (Å²) in [5.74, 6) is 0. The van der Waals surface area contributed by atoms with Crippen LogP contribution in [0.5, 0.6) is 0 Å². The first kappa shape index (κ1) is 10.1. The van der Waals surface area contributed by atoms with Crippen LogP contribution in [-0.4, -0.2) is 14.1 Å². The molecule has 1 aromatic carbocycles. The summed E-state index contributed by atoms with van der Waals surface area (Å²) in [6.45, 7) is 4.11.